The number of hydrogen-bond acceptors (Lipinski definition) is 6. The molecule has 0 fully saturated rings. The minimum Gasteiger partial charge on any atom is -0.443 e. The van der Waals surface area contributed by atoms with Crippen LogP contribution in [0.4, 0.5) is 13.2 Å². The van der Waals surface area contributed by atoms with Crippen LogP contribution in [0, 0.1) is 0 Å². The molecule has 2 heterocycles. The molecule has 0 atom stereocenters. The summed E-state index contributed by atoms with van der Waals surface area (Å²) in [5.74, 6) is -1.36. The number of aromatic nitrogens is 3. The van der Waals surface area contributed by atoms with E-state index in [1.165, 1.54) is 24.4 Å². The standard InChI is InChI=1S/C14H8F3N3O4/c15-14(16,17)24-9-3-1-2-8(6-9)12-11(18-7-22-12)13(21)23-10-4-5-19-20-10/h1-7H,(H,19,20). The third-order valence-electron chi connectivity index (χ3n) is 2.76. The van der Waals surface area contributed by atoms with Gasteiger partial charge < -0.3 is 13.9 Å². The van der Waals surface area contributed by atoms with E-state index in [0.717, 1.165) is 18.5 Å². The van der Waals surface area contributed by atoms with Crippen molar-refractivity contribution in [1.82, 2.24) is 15.2 Å². The van der Waals surface area contributed by atoms with Gasteiger partial charge in [0, 0.05) is 17.8 Å². The summed E-state index contributed by atoms with van der Waals surface area (Å²) >= 11 is 0. The summed E-state index contributed by atoms with van der Waals surface area (Å²) in [6, 6.07) is 6.36. The van der Waals surface area contributed by atoms with Crippen molar-refractivity contribution < 1.29 is 31.9 Å². The van der Waals surface area contributed by atoms with Gasteiger partial charge in [-0.25, -0.2) is 9.78 Å². The van der Waals surface area contributed by atoms with Gasteiger partial charge in [0.15, 0.2) is 17.8 Å². The van der Waals surface area contributed by atoms with Crippen molar-refractivity contribution in [1.29, 1.82) is 0 Å². The van der Waals surface area contributed by atoms with Crippen molar-refractivity contribution in [3.8, 4) is 23.0 Å². The Hall–Kier alpha value is -3.30. The molecule has 0 bridgehead atoms. The summed E-state index contributed by atoms with van der Waals surface area (Å²) in [6.45, 7) is 0. The van der Waals surface area contributed by atoms with E-state index in [-0.39, 0.29) is 22.9 Å². The molecular weight excluding hydrogens is 331 g/mol. The Morgan fingerprint density at radius 3 is 2.79 bits per heavy atom. The lowest BCUT2D eigenvalue weighted by Crippen LogP contribution is -2.17. The van der Waals surface area contributed by atoms with Crippen LogP contribution in [-0.2, 0) is 0 Å². The van der Waals surface area contributed by atoms with Crippen molar-refractivity contribution in [3.63, 3.8) is 0 Å². The van der Waals surface area contributed by atoms with Crippen LogP contribution in [0.3, 0.4) is 0 Å². The van der Waals surface area contributed by atoms with E-state index >= 15 is 0 Å². The van der Waals surface area contributed by atoms with Crippen molar-refractivity contribution in [2.45, 2.75) is 6.36 Å². The minimum atomic E-state index is -4.83. The number of hydrogen-bond donors (Lipinski definition) is 1. The number of H-pyrrole nitrogens is 1. The Bertz CT molecular complexity index is 843. The fourth-order valence-corrected chi connectivity index (χ4v) is 1.88. The minimum absolute atomic E-state index is 0.0168. The first-order valence-corrected chi connectivity index (χ1v) is 6.44. The zero-order valence-corrected chi connectivity index (χ0v) is 11.7. The van der Waals surface area contributed by atoms with E-state index in [1.54, 1.807) is 0 Å². The Kier molecular flexibility index (Phi) is 3.94. The predicted octanol–water partition coefficient (Wildman–Crippen LogP) is 3.18. The van der Waals surface area contributed by atoms with E-state index in [2.05, 4.69) is 19.9 Å². The van der Waals surface area contributed by atoms with Crippen LogP contribution >= 0.6 is 0 Å². The number of aromatic amines is 1. The molecule has 0 aliphatic rings. The van der Waals surface area contributed by atoms with Gasteiger partial charge in [0.2, 0.25) is 5.88 Å². The Morgan fingerprint density at radius 1 is 1.25 bits per heavy atom. The number of nitrogens with one attached hydrogen (secondary N) is 1. The molecule has 1 aromatic carbocycles. The normalized spacial score (nSPS) is 11.3. The molecule has 2 aromatic heterocycles. The summed E-state index contributed by atoms with van der Waals surface area (Å²) in [5.41, 5.74) is -0.0367. The van der Waals surface area contributed by atoms with Crippen molar-refractivity contribution in [2.24, 2.45) is 0 Å². The zero-order chi connectivity index (χ0) is 17.2. The molecule has 1 N–H and O–H groups in total. The first-order valence-electron chi connectivity index (χ1n) is 6.44. The molecule has 24 heavy (non-hydrogen) atoms. The number of carbonyl (C=O) groups is 1. The number of alkyl halides is 3. The Labute approximate surface area is 132 Å². The van der Waals surface area contributed by atoms with Gasteiger partial charge in [-0.05, 0) is 12.1 Å². The molecule has 10 heteroatoms. The Morgan fingerprint density at radius 2 is 2.08 bits per heavy atom. The van der Waals surface area contributed by atoms with Gasteiger partial charge >= 0.3 is 12.3 Å². The average Bonchev–Trinajstić information content (AvgIpc) is 3.16. The third-order valence-corrected chi connectivity index (χ3v) is 2.76. The van der Waals surface area contributed by atoms with Gasteiger partial charge in [0.25, 0.3) is 0 Å². The van der Waals surface area contributed by atoms with E-state index in [4.69, 9.17) is 9.15 Å². The quantitative estimate of drug-likeness (QED) is 0.734. The first kappa shape index (κ1) is 15.6. The molecule has 3 aromatic rings. The monoisotopic (exact) mass is 339 g/mol. The number of oxazole rings is 1. The number of esters is 1. The second kappa shape index (κ2) is 6.07. The number of benzene rings is 1. The maximum absolute atomic E-state index is 12.3. The fourth-order valence-electron chi connectivity index (χ4n) is 1.88. The highest BCUT2D eigenvalue weighted by molar-refractivity contribution is 5.94. The molecule has 0 aliphatic carbocycles. The second-order valence-electron chi connectivity index (χ2n) is 4.41. The molecule has 0 radical (unpaired) electrons. The van der Waals surface area contributed by atoms with Crippen LogP contribution in [0.2, 0.25) is 0 Å². The molecule has 0 amide bonds. The van der Waals surface area contributed by atoms with Crippen LogP contribution in [0.1, 0.15) is 10.5 Å². The number of halogens is 3. The molecule has 0 aliphatic heterocycles. The van der Waals surface area contributed by atoms with Crippen LogP contribution in [0.15, 0.2) is 47.3 Å². The third kappa shape index (κ3) is 3.54. The summed E-state index contributed by atoms with van der Waals surface area (Å²) in [5, 5.41) is 6.11. The van der Waals surface area contributed by atoms with E-state index in [9.17, 15) is 18.0 Å². The van der Waals surface area contributed by atoms with Gasteiger partial charge in [-0.15, -0.1) is 18.3 Å². The second-order valence-corrected chi connectivity index (χ2v) is 4.41. The predicted molar refractivity (Wildman–Crippen MR) is 72.2 cm³/mol. The topological polar surface area (TPSA) is 90.2 Å². The van der Waals surface area contributed by atoms with E-state index in [1.807, 2.05) is 0 Å². The SMILES string of the molecule is O=C(Oc1cc[nH]n1)c1ncoc1-c1cccc(OC(F)(F)F)c1. The van der Waals surface area contributed by atoms with E-state index < -0.39 is 18.1 Å². The molecule has 3 rings (SSSR count). The number of carbonyl (C=O) groups excluding carboxylic acids is 1. The number of nitrogens with zero attached hydrogens (tertiary/aromatic N) is 2. The lowest BCUT2D eigenvalue weighted by molar-refractivity contribution is -0.274. The highest BCUT2D eigenvalue weighted by Crippen LogP contribution is 2.30. The largest absolute Gasteiger partial charge is 0.573 e. The van der Waals surface area contributed by atoms with E-state index in [0.29, 0.717) is 0 Å². The maximum Gasteiger partial charge on any atom is 0.573 e. The summed E-state index contributed by atoms with van der Waals surface area (Å²) in [7, 11) is 0. The van der Waals surface area contributed by atoms with Gasteiger partial charge in [-0.1, -0.05) is 12.1 Å². The smallest absolute Gasteiger partial charge is 0.443 e. The highest BCUT2D eigenvalue weighted by atomic mass is 19.4. The van der Waals surface area contributed by atoms with Crippen LogP contribution < -0.4 is 9.47 Å². The van der Waals surface area contributed by atoms with Crippen molar-refractivity contribution in [2.75, 3.05) is 0 Å². The molecule has 124 valence electrons. The lowest BCUT2D eigenvalue weighted by Gasteiger charge is -2.09. The maximum atomic E-state index is 12.3. The molecule has 7 nitrogen and oxygen atoms in total. The van der Waals surface area contributed by atoms with Gasteiger partial charge in [-0.2, -0.15) is 0 Å². The Balaban J connectivity index is 1.87. The summed E-state index contributed by atoms with van der Waals surface area (Å²) in [4.78, 5) is 15.8. The van der Waals surface area contributed by atoms with Gasteiger partial charge in [-0.3, -0.25) is 5.10 Å². The average molecular weight is 339 g/mol. The van der Waals surface area contributed by atoms with Gasteiger partial charge in [0.1, 0.15) is 5.75 Å². The summed E-state index contributed by atoms with van der Waals surface area (Å²) < 4.78 is 50.8. The fraction of sp³-hybridized carbons (Fsp3) is 0.0714. The zero-order valence-electron chi connectivity index (χ0n) is 11.7. The first-order chi connectivity index (χ1) is 11.4. The molecule has 0 saturated heterocycles. The summed E-state index contributed by atoms with van der Waals surface area (Å²) in [6.07, 6.45) is -2.40. The van der Waals surface area contributed by atoms with Gasteiger partial charge in [0.05, 0.1) is 0 Å². The number of rotatable bonds is 4. The lowest BCUT2D eigenvalue weighted by atomic mass is 10.1. The van der Waals surface area contributed by atoms with Crippen LogP contribution in [-0.4, -0.2) is 27.5 Å². The highest BCUT2D eigenvalue weighted by Gasteiger charge is 2.31. The van der Waals surface area contributed by atoms with Crippen molar-refractivity contribution >= 4 is 5.97 Å². The molecule has 0 saturated carbocycles. The van der Waals surface area contributed by atoms with Crippen LogP contribution in [0.5, 0.6) is 11.6 Å². The molecule has 0 unspecified atom stereocenters. The van der Waals surface area contributed by atoms with Crippen molar-refractivity contribution in [3.05, 3.63) is 48.6 Å². The van der Waals surface area contributed by atoms with Crippen LogP contribution in [0.25, 0.3) is 11.3 Å². The number of ether oxygens (including phenoxy) is 2. The molecule has 0 spiro atoms. The molecular formula is C14H8F3N3O4.